The van der Waals surface area contributed by atoms with Crippen LogP contribution in [0.1, 0.15) is 46.0 Å². The Balaban J connectivity index is 1.97. The maximum Gasteiger partial charge on any atom is 0.163 e. The Morgan fingerprint density at radius 2 is 1.88 bits per heavy atom. The van der Waals surface area contributed by atoms with E-state index in [1.807, 2.05) is 18.2 Å². The van der Waals surface area contributed by atoms with Crippen LogP contribution in [0.4, 0.5) is 0 Å². The molecule has 0 unspecified atom stereocenters. The van der Waals surface area contributed by atoms with Gasteiger partial charge in [0.05, 0.1) is 0 Å². The first kappa shape index (κ1) is 17.0. The minimum atomic E-state index is 0.0732. The van der Waals surface area contributed by atoms with Gasteiger partial charge >= 0.3 is 0 Å². The maximum atomic E-state index is 12.2. The molecule has 1 aromatic heterocycles. The number of aromatic nitrogens is 1. The fraction of sp³-hybridized carbons (Fsp3) is 0.364. The topological polar surface area (TPSA) is 42.3 Å². The Hall–Kier alpha value is -2.46. The molecule has 4 rings (SSSR count). The summed E-state index contributed by atoms with van der Waals surface area (Å²) in [4.78, 5) is 26.3. The number of nitrogens with zero attached hydrogens (tertiary/aromatic N) is 2. The molecule has 0 amide bonds. The molecular formula is C22H24N2O2. The summed E-state index contributed by atoms with van der Waals surface area (Å²) in [5.74, 6) is 0.308. The van der Waals surface area contributed by atoms with Crippen LogP contribution in [0.2, 0.25) is 0 Å². The second-order valence-corrected chi connectivity index (χ2v) is 7.51. The van der Waals surface area contributed by atoms with Crippen LogP contribution in [-0.4, -0.2) is 41.7 Å². The number of carbonyl (C=O) groups is 2. The Labute approximate surface area is 153 Å². The van der Waals surface area contributed by atoms with Gasteiger partial charge in [-0.05, 0) is 76.3 Å². The van der Waals surface area contributed by atoms with Crippen molar-refractivity contribution < 1.29 is 9.59 Å². The molecule has 2 aromatic carbocycles. The van der Waals surface area contributed by atoms with Gasteiger partial charge in [0.1, 0.15) is 0 Å². The molecule has 4 nitrogen and oxygen atoms in total. The molecule has 1 heterocycles. The fourth-order valence-electron chi connectivity index (χ4n) is 4.16. The van der Waals surface area contributed by atoms with Gasteiger partial charge in [0.25, 0.3) is 0 Å². The molecule has 0 fully saturated rings. The number of hydrogen-bond acceptors (Lipinski definition) is 3. The van der Waals surface area contributed by atoms with Crippen molar-refractivity contribution in [3.05, 3.63) is 47.0 Å². The molecule has 0 atom stereocenters. The van der Waals surface area contributed by atoms with E-state index in [2.05, 4.69) is 35.7 Å². The molecule has 4 heteroatoms. The number of fused-ring (bicyclic) bond motifs is 5. The molecule has 0 spiro atoms. The van der Waals surface area contributed by atoms with Crippen LogP contribution in [0.15, 0.2) is 30.3 Å². The average molecular weight is 348 g/mol. The summed E-state index contributed by atoms with van der Waals surface area (Å²) >= 11 is 0. The van der Waals surface area contributed by atoms with Crippen LogP contribution in [-0.2, 0) is 13.0 Å². The van der Waals surface area contributed by atoms with Crippen molar-refractivity contribution in [1.82, 2.24) is 9.47 Å². The van der Waals surface area contributed by atoms with Crippen molar-refractivity contribution in [2.45, 2.75) is 32.7 Å². The number of benzene rings is 2. The number of ketones is 2. The number of hydrogen-bond donors (Lipinski definition) is 0. The molecule has 3 aromatic rings. The van der Waals surface area contributed by atoms with Gasteiger partial charge in [0.2, 0.25) is 0 Å². The van der Waals surface area contributed by atoms with Crippen LogP contribution in [0.25, 0.3) is 21.8 Å². The van der Waals surface area contributed by atoms with Crippen LogP contribution in [0, 0.1) is 0 Å². The predicted octanol–water partition coefficient (Wildman–Crippen LogP) is 4.08. The van der Waals surface area contributed by atoms with Crippen molar-refractivity contribution in [3.8, 4) is 0 Å². The smallest absolute Gasteiger partial charge is 0.163 e. The Morgan fingerprint density at radius 1 is 1.12 bits per heavy atom. The van der Waals surface area contributed by atoms with Crippen molar-refractivity contribution in [3.63, 3.8) is 0 Å². The third-order valence-electron chi connectivity index (χ3n) is 5.43. The van der Waals surface area contributed by atoms with Gasteiger partial charge in [-0.25, -0.2) is 0 Å². The van der Waals surface area contributed by atoms with E-state index < -0.39 is 0 Å². The number of rotatable bonds is 5. The number of carbonyl (C=O) groups excluding carboxylic acids is 2. The third-order valence-corrected chi connectivity index (χ3v) is 5.43. The molecule has 0 bridgehead atoms. The zero-order chi connectivity index (χ0) is 18.4. The van der Waals surface area contributed by atoms with E-state index >= 15 is 0 Å². The van der Waals surface area contributed by atoms with Crippen LogP contribution in [0.5, 0.6) is 0 Å². The lowest BCUT2D eigenvalue weighted by Gasteiger charge is -2.12. The standard InChI is InChI=1S/C22H24N2O2/c1-14(25)15-5-8-19-18(13-15)22-17-7-10-21(26)16(17)6-9-20(22)24(19)12-4-11-23(2)3/h5-6,8-9,13H,4,7,10-12H2,1-3H3. The van der Waals surface area contributed by atoms with Crippen molar-refractivity contribution in [2.75, 3.05) is 20.6 Å². The van der Waals surface area contributed by atoms with Gasteiger partial charge in [-0.15, -0.1) is 0 Å². The van der Waals surface area contributed by atoms with E-state index in [9.17, 15) is 9.59 Å². The zero-order valence-electron chi connectivity index (χ0n) is 15.6. The molecule has 0 saturated carbocycles. The lowest BCUT2D eigenvalue weighted by atomic mass is 10.0. The highest BCUT2D eigenvalue weighted by molar-refractivity contribution is 6.16. The normalized spacial score (nSPS) is 13.9. The van der Waals surface area contributed by atoms with Gasteiger partial charge in [0.15, 0.2) is 11.6 Å². The summed E-state index contributed by atoms with van der Waals surface area (Å²) in [6.07, 6.45) is 2.44. The summed E-state index contributed by atoms with van der Waals surface area (Å²) in [5, 5.41) is 2.26. The molecule has 0 saturated heterocycles. The van der Waals surface area contributed by atoms with E-state index in [0.717, 1.165) is 58.9 Å². The molecule has 0 N–H and O–H groups in total. The predicted molar refractivity (Wildman–Crippen MR) is 105 cm³/mol. The number of Topliss-reactive ketones (excluding diaryl/α,β-unsaturated/α-hetero) is 2. The molecule has 1 aliphatic carbocycles. The van der Waals surface area contributed by atoms with Crippen molar-refractivity contribution in [2.24, 2.45) is 0 Å². The largest absolute Gasteiger partial charge is 0.340 e. The monoisotopic (exact) mass is 348 g/mol. The van der Waals surface area contributed by atoms with Gasteiger partial charge < -0.3 is 9.47 Å². The summed E-state index contributed by atoms with van der Waals surface area (Å²) in [6.45, 7) is 3.55. The molecule has 26 heavy (non-hydrogen) atoms. The van der Waals surface area contributed by atoms with Gasteiger partial charge in [-0.2, -0.15) is 0 Å². The van der Waals surface area contributed by atoms with E-state index in [0.29, 0.717) is 6.42 Å². The summed E-state index contributed by atoms with van der Waals surface area (Å²) in [6, 6.07) is 10.1. The molecule has 1 aliphatic rings. The minimum absolute atomic E-state index is 0.0732. The van der Waals surface area contributed by atoms with Crippen molar-refractivity contribution >= 4 is 33.4 Å². The summed E-state index contributed by atoms with van der Waals surface area (Å²) in [7, 11) is 4.17. The SMILES string of the molecule is CC(=O)c1ccc2c(c1)c1c3c(ccc1n2CCCN(C)C)C(=O)CC3. The molecule has 0 aliphatic heterocycles. The van der Waals surface area contributed by atoms with Gasteiger partial charge in [-0.1, -0.05) is 0 Å². The van der Waals surface area contributed by atoms with Crippen LogP contribution >= 0.6 is 0 Å². The highest BCUT2D eigenvalue weighted by atomic mass is 16.1. The maximum absolute atomic E-state index is 12.2. The van der Waals surface area contributed by atoms with E-state index in [1.54, 1.807) is 6.92 Å². The van der Waals surface area contributed by atoms with E-state index in [4.69, 9.17) is 0 Å². The molecular weight excluding hydrogens is 324 g/mol. The Bertz CT molecular complexity index is 1040. The summed E-state index contributed by atoms with van der Waals surface area (Å²) < 4.78 is 2.35. The fourth-order valence-corrected chi connectivity index (χ4v) is 4.16. The first-order valence-electron chi connectivity index (χ1n) is 9.24. The Morgan fingerprint density at radius 3 is 2.62 bits per heavy atom. The highest BCUT2D eigenvalue weighted by Crippen LogP contribution is 2.37. The van der Waals surface area contributed by atoms with Gasteiger partial charge in [-0.3, -0.25) is 9.59 Å². The third kappa shape index (κ3) is 2.65. The van der Waals surface area contributed by atoms with E-state index in [1.165, 1.54) is 5.52 Å². The number of aryl methyl sites for hydroxylation is 2. The lowest BCUT2D eigenvalue weighted by Crippen LogP contribution is -2.15. The second kappa shape index (κ2) is 6.36. The first-order chi connectivity index (χ1) is 12.5. The molecule has 0 radical (unpaired) electrons. The second-order valence-electron chi connectivity index (χ2n) is 7.51. The molecule has 134 valence electrons. The average Bonchev–Trinajstić information content (AvgIpc) is 3.13. The highest BCUT2D eigenvalue weighted by Gasteiger charge is 2.25. The van der Waals surface area contributed by atoms with Crippen molar-refractivity contribution in [1.29, 1.82) is 0 Å². The van der Waals surface area contributed by atoms with Gasteiger partial charge in [0, 0.05) is 45.9 Å². The zero-order valence-corrected chi connectivity index (χ0v) is 15.6. The Kier molecular flexibility index (Phi) is 4.16. The summed E-state index contributed by atoms with van der Waals surface area (Å²) in [5.41, 5.74) is 5.07. The lowest BCUT2D eigenvalue weighted by molar-refractivity contribution is 0.0991. The van der Waals surface area contributed by atoms with Crippen LogP contribution < -0.4 is 0 Å². The quantitative estimate of drug-likeness (QED) is 0.653. The minimum Gasteiger partial charge on any atom is -0.340 e. The first-order valence-corrected chi connectivity index (χ1v) is 9.24. The van der Waals surface area contributed by atoms with Crippen LogP contribution in [0.3, 0.4) is 0 Å². The van der Waals surface area contributed by atoms with E-state index in [-0.39, 0.29) is 11.6 Å².